The van der Waals surface area contributed by atoms with E-state index in [0.29, 0.717) is 56.2 Å². The Bertz CT molecular complexity index is 1150. The Morgan fingerprint density at radius 2 is 1.85 bits per heavy atom. The van der Waals surface area contributed by atoms with Crippen LogP contribution in [0.15, 0.2) is 46.2 Å². The van der Waals surface area contributed by atoms with Gasteiger partial charge in [0, 0.05) is 32.7 Å². The van der Waals surface area contributed by atoms with Crippen LogP contribution >= 0.6 is 11.8 Å². The van der Waals surface area contributed by atoms with Gasteiger partial charge >= 0.3 is 5.97 Å². The van der Waals surface area contributed by atoms with Crippen LogP contribution in [0.3, 0.4) is 0 Å². The van der Waals surface area contributed by atoms with Crippen LogP contribution in [0.25, 0.3) is 11.0 Å². The fraction of sp³-hybridized carbons (Fsp3) is 0.391. The van der Waals surface area contributed by atoms with Gasteiger partial charge in [0.05, 0.1) is 35.2 Å². The standard InChI is InChI=1S/C23H26N4O5S/c1-3-27-18-8-7-16(22(30)31-4-2)14-17(18)24-23(27)33-15-20(28)25-9-11-26(12-10-25)21(29)19-6-5-13-32-19/h5-8,13-14H,3-4,9-12,15H2,1-2H3. The summed E-state index contributed by atoms with van der Waals surface area (Å²) in [7, 11) is 0. The van der Waals surface area contributed by atoms with Crippen molar-refractivity contribution in [2.45, 2.75) is 25.5 Å². The van der Waals surface area contributed by atoms with Gasteiger partial charge in [-0.3, -0.25) is 9.59 Å². The highest BCUT2D eigenvalue weighted by Gasteiger charge is 2.26. The number of hydrogen-bond donors (Lipinski definition) is 0. The minimum atomic E-state index is -0.375. The van der Waals surface area contributed by atoms with Crippen LogP contribution in [0.5, 0.6) is 0 Å². The molecule has 33 heavy (non-hydrogen) atoms. The van der Waals surface area contributed by atoms with Gasteiger partial charge in [-0.15, -0.1) is 0 Å². The molecule has 0 atom stereocenters. The average molecular weight is 471 g/mol. The Kier molecular flexibility index (Phi) is 7.02. The van der Waals surface area contributed by atoms with Gasteiger partial charge in [0.25, 0.3) is 5.91 Å². The zero-order valence-electron chi connectivity index (χ0n) is 18.7. The summed E-state index contributed by atoms with van der Waals surface area (Å²) in [6.07, 6.45) is 1.48. The maximum atomic E-state index is 12.8. The quantitative estimate of drug-likeness (QED) is 0.387. The molecular formula is C23H26N4O5S. The summed E-state index contributed by atoms with van der Waals surface area (Å²) in [5.41, 5.74) is 2.06. The number of nitrogens with zero attached hydrogens (tertiary/aromatic N) is 4. The maximum absolute atomic E-state index is 12.8. The molecule has 0 aliphatic carbocycles. The fourth-order valence-corrected chi connectivity index (χ4v) is 4.78. The van der Waals surface area contributed by atoms with E-state index < -0.39 is 0 Å². The van der Waals surface area contributed by atoms with Crippen molar-refractivity contribution in [3.05, 3.63) is 47.9 Å². The van der Waals surface area contributed by atoms with Crippen molar-refractivity contribution in [3.63, 3.8) is 0 Å². The highest BCUT2D eigenvalue weighted by atomic mass is 32.2. The van der Waals surface area contributed by atoms with Crippen molar-refractivity contribution < 1.29 is 23.5 Å². The Morgan fingerprint density at radius 3 is 2.52 bits per heavy atom. The molecule has 9 nitrogen and oxygen atoms in total. The first-order chi connectivity index (χ1) is 16.0. The molecule has 3 heterocycles. The van der Waals surface area contributed by atoms with Gasteiger partial charge in [-0.05, 0) is 44.2 Å². The van der Waals surface area contributed by atoms with Crippen LogP contribution in [0.4, 0.5) is 0 Å². The number of esters is 1. The molecule has 0 spiro atoms. The van der Waals surface area contributed by atoms with E-state index in [4.69, 9.17) is 9.15 Å². The SMILES string of the molecule is CCOC(=O)c1ccc2c(c1)nc(SCC(=O)N1CCN(C(=O)c3ccco3)CC1)n2CC. The molecule has 2 aromatic heterocycles. The van der Waals surface area contributed by atoms with Gasteiger partial charge in [-0.25, -0.2) is 9.78 Å². The van der Waals surface area contributed by atoms with Crippen LogP contribution < -0.4 is 0 Å². The van der Waals surface area contributed by atoms with Crippen LogP contribution in [0, 0.1) is 0 Å². The summed E-state index contributed by atoms with van der Waals surface area (Å²) in [6.45, 7) is 6.71. The van der Waals surface area contributed by atoms with Gasteiger partial charge in [0.2, 0.25) is 5.91 Å². The van der Waals surface area contributed by atoms with E-state index in [0.717, 1.165) is 10.7 Å². The van der Waals surface area contributed by atoms with Gasteiger partial charge in [-0.1, -0.05) is 11.8 Å². The summed E-state index contributed by atoms with van der Waals surface area (Å²) in [5.74, 6) is 0.0435. The van der Waals surface area contributed by atoms with Gasteiger partial charge in [0.15, 0.2) is 10.9 Å². The van der Waals surface area contributed by atoms with E-state index in [1.54, 1.807) is 41.0 Å². The molecule has 1 aromatic carbocycles. The fourth-order valence-electron chi connectivity index (χ4n) is 3.80. The van der Waals surface area contributed by atoms with E-state index in [2.05, 4.69) is 4.98 Å². The third kappa shape index (κ3) is 4.90. The minimum Gasteiger partial charge on any atom is -0.462 e. The second kappa shape index (κ2) is 10.1. The molecule has 174 valence electrons. The predicted octanol–water partition coefficient (Wildman–Crippen LogP) is 2.90. The molecule has 1 saturated heterocycles. The Balaban J connectivity index is 1.37. The van der Waals surface area contributed by atoms with Crippen LogP contribution in [-0.4, -0.2) is 75.7 Å². The summed E-state index contributed by atoms with van der Waals surface area (Å²) in [6, 6.07) is 8.65. The highest BCUT2D eigenvalue weighted by Crippen LogP contribution is 2.26. The van der Waals surface area contributed by atoms with E-state index in [1.807, 2.05) is 17.6 Å². The average Bonchev–Trinajstić information content (AvgIpc) is 3.49. The predicted molar refractivity (Wildman–Crippen MR) is 123 cm³/mol. The lowest BCUT2D eigenvalue weighted by Crippen LogP contribution is -2.51. The van der Waals surface area contributed by atoms with E-state index in [-0.39, 0.29) is 23.5 Å². The van der Waals surface area contributed by atoms with Gasteiger partial charge in [-0.2, -0.15) is 0 Å². The minimum absolute atomic E-state index is 0.00650. The number of rotatable bonds is 7. The number of imidazole rings is 1. The number of benzene rings is 1. The summed E-state index contributed by atoms with van der Waals surface area (Å²) in [5, 5.41) is 0.730. The second-order valence-corrected chi connectivity index (χ2v) is 8.44. The zero-order chi connectivity index (χ0) is 23.4. The molecule has 10 heteroatoms. The first kappa shape index (κ1) is 22.9. The Labute approximate surface area is 195 Å². The number of thioether (sulfide) groups is 1. The van der Waals surface area contributed by atoms with Crippen molar-refractivity contribution in [1.82, 2.24) is 19.4 Å². The van der Waals surface area contributed by atoms with Crippen molar-refractivity contribution in [2.75, 3.05) is 38.5 Å². The van der Waals surface area contributed by atoms with E-state index in [1.165, 1.54) is 18.0 Å². The van der Waals surface area contributed by atoms with Crippen molar-refractivity contribution >= 4 is 40.6 Å². The molecule has 0 bridgehead atoms. The summed E-state index contributed by atoms with van der Waals surface area (Å²) in [4.78, 5) is 45.3. The first-order valence-electron chi connectivity index (χ1n) is 10.9. The molecular weight excluding hydrogens is 444 g/mol. The molecule has 0 unspecified atom stereocenters. The smallest absolute Gasteiger partial charge is 0.338 e. The number of hydrogen-bond acceptors (Lipinski definition) is 7. The lowest BCUT2D eigenvalue weighted by Gasteiger charge is -2.34. The number of carbonyl (C=O) groups excluding carboxylic acids is 3. The zero-order valence-corrected chi connectivity index (χ0v) is 19.5. The highest BCUT2D eigenvalue weighted by molar-refractivity contribution is 7.99. The molecule has 0 saturated carbocycles. The Hall–Kier alpha value is -3.27. The third-order valence-electron chi connectivity index (χ3n) is 5.52. The first-order valence-corrected chi connectivity index (χ1v) is 11.9. The summed E-state index contributed by atoms with van der Waals surface area (Å²) >= 11 is 1.38. The van der Waals surface area contributed by atoms with Crippen molar-refractivity contribution in [1.29, 1.82) is 0 Å². The van der Waals surface area contributed by atoms with Crippen LogP contribution in [0.2, 0.25) is 0 Å². The van der Waals surface area contributed by atoms with Crippen LogP contribution in [-0.2, 0) is 16.1 Å². The van der Waals surface area contributed by atoms with Crippen molar-refractivity contribution in [2.24, 2.45) is 0 Å². The lowest BCUT2D eigenvalue weighted by molar-refractivity contribution is -0.129. The molecule has 2 amide bonds. The number of fused-ring (bicyclic) bond motifs is 1. The molecule has 1 aliphatic heterocycles. The molecule has 0 radical (unpaired) electrons. The third-order valence-corrected chi connectivity index (χ3v) is 6.48. The normalized spacial score (nSPS) is 14.0. The molecule has 1 fully saturated rings. The number of carbonyl (C=O) groups is 3. The largest absolute Gasteiger partial charge is 0.462 e. The van der Waals surface area contributed by atoms with Gasteiger partial charge in [0.1, 0.15) is 0 Å². The van der Waals surface area contributed by atoms with Gasteiger partial charge < -0.3 is 23.5 Å². The summed E-state index contributed by atoms with van der Waals surface area (Å²) < 4.78 is 12.3. The monoisotopic (exact) mass is 470 g/mol. The van der Waals surface area contributed by atoms with E-state index >= 15 is 0 Å². The lowest BCUT2D eigenvalue weighted by atomic mass is 10.2. The Morgan fingerprint density at radius 1 is 1.09 bits per heavy atom. The number of ether oxygens (including phenoxy) is 1. The maximum Gasteiger partial charge on any atom is 0.338 e. The number of aromatic nitrogens is 2. The topological polar surface area (TPSA) is 97.9 Å². The van der Waals surface area contributed by atoms with Crippen LogP contribution in [0.1, 0.15) is 34.8 Å². The number of piperazine rings is 1. The van der Waals surface area contributed by atoms with E-state index in [9.17, 15) is 14.4 Å². The molecule has 3 aromatic rings. The number of aryl methyl sites for hydroxylation is 1. The molecule has 1 aliphatic rings. The number of amides is 2. The molecule has 0 N–H and O–H groups in total. The van der Waals surface area contributed by atoms with Crippen molar-refractivity contribution in [3.8, 4) is 0 Å². The molecule has 4 rings (SSSR count). The number of furan rings is 1. The second-order valence-electron chi connectivity index (χ2n) is 7.50.